The van der Waals surface area contributed by atoms with Gasteiger partial charge in [0.05, 0.1) is 6.61 Å². The van der Waals surface area contributed by atoms with Crippen LogP contribution in [0.3, 0.4) is 0 Å². The van der Waals surface area contributed by atoms with Gasteiger partial charge in [-0.05, 0) is 24.0 Å². The molecule has 0 saturated carbocycles. The number of benzene rings is 1. The number of halogens is 3. The lowest BCUT2D eigenvalue weighted by atomic mass is 10.0. The van der Waals surface area contributed by atoms with Gasteiger partial charge in [-0.15, -0.1) is 0 Å². The second-order valence-electron chi connectivity index (χ2n) is 6.33. The lowest BCUT2D eigenvalue weighted by molar-refractivity contribution is -0.139. The molecular weight excluding hydrogens is 343 g/mol. The molecule has 1 aromatic heterocycles. The maximum absolute atomic E-state index is 13.2. The summed E-state index contributed by atoms with van der Waals surface area (Å²) in [5, 5.41) is 3.00. The predicted octanol–water partition coefficient (Wildman–Crippen LogP) is 5.93. The number of hydrogen-bond donors (Lipinski definition) is 1. The Balaban J connectivity index is 2.27. The van der Waals surface area contributed by atoms with Crippen molar-refractivity contribution in [3.8, 4) is 5.88 Å². The molecule has 0 fully saturated rings. The van der Waals surface area contributed by atoms with Gasteiger partial charge in [-0.3, -0.25) is 0 Å². The molecule has 0 aliphatic heterocycles. The lowest BCUT2D eigenvalue weighted by Crippen LogP contribution is -2.13. The molecule has 2 aromatic rings. The number of alkyl halides is 3. The average molecular weight is 367 g/mol. The van der Waals surface area contributed by atoms with Crippen LogP contribution in [0.4, 0.5) is 24.8 Å². The van der Waals surface area contributed by atoms with E-state index in [1.807, 2.05) is 45.0 Å². The van der Waals surface area contributed by atoms with E-state index in [0.717, 1.165) is 30.3 Å². The number of rotatable bonds is 8. The van der Waals surface area contributed by atoms with Gasteiger partial charge in [0.1, 0.15) is 5.56 Å². The highest BCUT2D eigenvalue weighted by Crippen LogP contribution is 2.35. The molecule has 4 nitrogen and oxygen atoms in total. The zero-order chi connectivity index (χ0) is 19.2. The first-order valence-corrected chi connectivity index (χ1v) is 8.76. The Bertz CT molecular complexity index is 717. The average Bonchev–Trinajstić information content (AvgIpc) is 2.58. The number of nitrogens with zero attached hydrogens (tertiary/aromatic N) is 2. The Morgan fingerprint density at radius 1 is 1.15 bits per heavy atom. The molecular formula is C19H24F3N3O. The van der Waals surface area contributed by atoms with Gasteiger partial charge in [-0.25, -0.2) is 4.98 Å². The molecule has 0 saturated heterocycles. The third kappa shape index (κ3) is 5.34. The van der Waals surface area contributed by atoms with Crippen LogP contribution >= 0.6 is 0 Å². The lowest BCUT2D eigenvalue weighted by Gasteiger charge is -2.16. The quantitative estimate of drug-likeness (QED) is 0.587. The summed E-state index contributed by atoms with van der Waals surface area (Å²) in [6.45, 7) is 6.28. The standard InChI is InChI=1S/C19H24F3N3O/c1-4-5-8-11-26-17-15(19(20,21)22)12-23-18(25-17)24-16-10-7-6-9-14(16)13(2)3/h6-7,9-10,12-13H,4-5,8,11H2,1-3H3,(H,23,24,25). The molecule has 0 bridgehead atoms. The Morgan fingerprint density at radius 3 is 2.54 bits per heavy atom. The minimum atomic E-state index is -4.56. The molecule has 1 heterocycles. The van der Waals surface area contributed by atoms with Crippen molar-refractivity contribution in [2.75, 3.05) is 11.9 Å². The van der Waals surface area contributed by atoms with E-state index in [4.69, 9.17) is 4.74 Å². The minimum absolute atomic E-state index is 0.0802. The van der Waals surface area contributed by atoms with Gasteiger partial charge in [0.15, 0.2) is 0 Å². The Morgan fingerprint density at radius 2 is 1.88 bits per heavy atom. The van der Waals surface area contributed by atoms with Gasteiger partial charge in [0.25, 0.3) is 0 Å². The highest BCUT2D eigenvalue weighted by molar-refractivity contribution is 5.59. The van der Waals surface area contributed by atoms with Gasteiger partial charge in [-0.1, -0.05) is 51.8 Å². The van der Waals surface area contributed by atoms with Crippen molar-refractivity contribution >= 4 is 11.6 Å². The topological polar surface area (TPSA) is 47.0 Å². The van der Waals surface area contributed by atoms with Crippen LogP contribution in [0.25, 0.3) is 0 Å². The maximum atomic E-state index is 13.2. The Labute approximate surface area is 151 Å². The Kier molecular flexibility index (Phi) is 6.83. The molecule has 0 atom stereocenters. The van der Waals surface area contributed by atoms with E-state index in [0.29, 0.717) is 6.42 Å². The van der Waals surface area contributed by atoms with E-state index in [2.05, 4.69) is 15.3 Å². The monoisotopic (exact) mass is 367 g/mol. The van der Waals surface area contributed by atoms with Crippen LogP contribution in [-0.2, 0) is 6.18 Å². The van der Waals surface area contributed by atoms with Gasteiger partial charge < -0.3 is 10.1 Å². The van der Waals surface area contributed by atoms with Crippen molar-refractivity contribution in [1.82, 2.24) is 9.97 Å². The number of aromatic nitrogens is 2. The van der Waals surface area contributed by atoms with Gasteiger partial charge in [0.2, 0.25) is 11.8 Å². The van der Waals surface area contributed by atoms with Crippen molar-refractivity contribution in [3.05, 3.63) is 41.6 Å². The third-order valence-electron chi connectivity index (χ3n) is 3.88. The van der Waals surface area contributed by atoms with Crippen molar-refractivity contribution in [1.29, 1.82) is 0 Å². The molecule has 0 radical (unpaired) electrons. The predicted molar refractivity (Wildman–Crippen MR) is 95.9 cm³/mol. The molecule has 0 aliphatic carbocycles. The third-order valence-corrected chi connectivity index (χ3v) is 3.88. The smallest absolute Gasteiger partial charge is 0.423 e. The van der Waals surface area contributed by atoms with Crippen LogP contribution in [0.5, 0.6) is 5.88 Å². The van der Waals surface area contributed by atoms with E-state index in [1.54, 1.807) is 0 Å². The molecule has 2 rings (SSSR count). The number of hydrogen-bond acceptors (Lipinski definition) is 4. The van der Waals surface area contributed by atoms with Crippen LogP contribution in [0.15, 0.2) is 30.5 Å². The van der Waals surface area contributed by atoms with E-state index in [9.17, 15) is 13.2 Å². The van der Waals surface area contributed by atoms with Crippen molar-refractivity contribution in [2.45, 2.75) is 52.1 Å². The number of ether oxygens (including phenoxy) is 1. The summed E-state index contributed by atoms with van der Waals surface area (Å²) in [7, 11) is 0. The van der Waals surface area contributed by atoms with Crippen LogP contribution in [0.1, 0.15) is 57.1 Å². The van der Waals surface area contributed by atoms with Crippen molar-refractivity contribution in [2.24, 2.45) is 0 Å². The molecule has 0 aliphatic rings. The number of para-hydroxylation sites is 1. The largest absolute Gasteiger partial charge is 0.477 e. The minimum Gasteiger partial charge on any atom is -0.477 e. The molecule has 7 heteroatoms. The summed E-state index contributed by atoms with van der Waals surface area (Å²) < 4.78 is 44.8. The molecule has 142 valence electrons. The SMILES string of the molecule is CCCCCOc1nc(Nc2ccccc2C(C)C)ncc1C(F)(F)F. The molecule has 0 spiro atoms. The molecule has 1 N–H and O–H groups in total. The van der Waals surface area contributed by atoms with Crippen LogP contribution in [0, 0.1) is 0 Å². The molecule has 0 amide bonds. The molecule has 0 unspecified atom stereocenters. The van der Waals surface area contributed by atoms with Crippen molar-refractivity contribution < 1.29 is 17.9 Å². The first kappa shape index (κ1) is 20.0. The number of nitrogens with one attached hydrogen (secondary N) is 1. The fourth-order valence-corrected chi connectivity index (χ4v) is 2.49. The summed E-state index contributed by atoms with van der Waals surface area (Å²) in [5.41, 5.74) is 0.831. The Hall–Kier alpha value is -2.31. The second-order valence-corrected chi connectivity index (χ2v) is 6.33. The fraction of sp³-hybridized carbons (Fsp3) is 0.474. The van der Waals surface area contributed by atoms with Crippen LogP contribution in [-0.4, -0.2) is 16.6 Å². The highest BCUT2D eigenvalue weighted by atomic mass is 19.4. The fourth-order valence-electron chi connectivity index (χ4n) is 2.49. The zero-order valence-corrected chi connectivity index (χ0v) is 15.2. The second kappa shape index (κ2) is 8.87. The summed E-state index contributed by atoms with van der Waals surface area (Å²) in [4.78, 5) is 7.79. The highest BCUT2D eigenvalue weighted by Gasteiger charge is 2.36. The summed E-state index contributed by atoms with van der Waals surface area (Å²) in [5.74, 6) is -0.109. The van der Waals surface area contributed by atoms with Gasteiger partial charge in [-0.2, -0.15) is 18.2 Å². The van der Waals surface area contributed by atoms with Gasteiger partial charge in [0, 0.05) is 11.9 Å². The van der Waals surface area contributed by atoms with Crippen LogP contribution < -0.4 is 10.1 Å². The first-order chi connectivity index (χ1) is 12.3. The first-order valence-electron chi connectivity index (χ1n) is 8.76. The number of anilines is 2. The molecule has 26 heavy (non-hydrogen) atoms. The summed E-state index contributed by atoms with van der Waals surface area (Å²) in [6, 6.07) is 7.56. The van der Waals surface area contributed by atoms with E-state index >= 15 is 0 Å². The molecule has 1 aromatic carbocycles. The zero-order valence-electron chi connectivity index (χ0n) is 15.2. The van der Waals surface area contributed by atoms with E-state index in [-0.39, 0.29) is 18.5 Å². The van der Waals surface area contributed by atoms with Crippen LogP contribution in [0.2, 0.25) is 0 Å². The van der Waals surface area contributed by atoms with Gasteiger partial charge >= 0.3 is 6.18 Å². The normalized spacial score (nSPS) is 11.7. The summed E-state index contributed by atoms with van der Waals surface area (Å²) in [6.07, 6.45) is -1.27. The van der Waals surface area contributed by atoms with E-state index < -0.39 is 17.6 Å². The van der Waals surface area contributed by atoms with Crippen molar-refractivity contribution in [3.63, 3.8) is 0 Å². The van der Waals surface area contributed by atoms with E-state index in [1.165, 1.54) is 0 Å². The summed E-state index contributed by atoms with van der Waals surface area (Å²) >= 11 is 0. The maximum Gasteiger partial charge on any atom is 0.423 e. The number of unbranched alkanes of at least 4 members (excludes halogenated alkanes) is 2.